The van der Waals surface area contributed by atoms with Crippen molar-refractivity contribution in [1.29, 1.82) is 0 Å². The number of hydrazine groups is 1. The van der Waals surface area contributed by atoms with Crippen LogP contribution in [0, 0.1) is 0 Å². The molecule has 0 amide bonds. The van der Waals surface area contributed by atoms with Gasteiger partial charge in [0.15, 0.2) is 0 Å². The summed E-state index contributed by atoms with van der Waals surface area (Å²) in [7, 11) is 0. The van der Waals surface area contributed by atoms with Gasteiger partial charge in [-0.2, -0.15) is 0 Å². The molecule has 2 fully saturated rings. The summed E-state index contributed by atoms with van der Waals surface area (Å²) in [6, 6.07) is 2.06. The lowest BCUT2D eigenvalue weighted by atomic mass is 9.90. The van der Waals surface area contributed by atoms with E-state index < -0.39 is 0 Å². The molecule has 2 saturated carbocycles. The molecule has 3 rings (SSSR count). The van der Waals surface area contributed by atoms with Crippen molar-refractivity contribution in [3.63, 3.8) is 0 Å². The lowest BCUT2D eigenvalue weighted by Gasteiger charge is -2.20. The Bertz CT molecular complexity index is 446. The highest BCUT2D eigenvalue weighted by molar-refractivity contribution is 5.36. The SMILES string of the molecule is NNc1cc(C2CCCC2)nc(C2CCCCCCC2)n1. The van der Waals surface area contributed by atoms with Crippen LogP contribution >= 0.6 is 0 Å². The first-order valence-corrected chi connectivity index (χ1v) is 8.72. The Kier molecular flexibility index (Phi) is 5.07. The second-order valence-electron chi connectivity index (χ2n) is 6.70. The van der Waals surface area contributed by atoms with Crippen molar-refractivity contribution in [2.45, 2.75) is 82.5 Å². The number of hydrogen-bond donors (Lipinski definition) is 2. The molecule has 1 heterocycles. The molecule has 2 aliphatic rings. The molecule has 0 atom stereocenters. The van der Waals surface area contributed by atoms with Gasteiger partial charge in [0.1, 0.15) is 11.6 Å². The van der Waals surface area contributed by atoms with Crippen molar-refractivity contribution in [2.24, 2.45) is 5.84 Å². The summed E-state index contributed by atoms with van der Waals surface area (Å²) >= 11 is 0. The number of nitrogens with one attached hydrogen (secondary N) is 1. The number of anilines is 1. The van der Waals surface area contributed by atoms with Gasteiger partial charge in [-0.15, -0.1) is 0 Å². The summed E-state index contributed by atoms with van der Waals surface area (Å²) < 4.78 is 0. The van der Waals surface area contributed by atoms with E-state index in [2.05, 4.69) is 16.5 Å². The van der Waals surface area contributed by atoms with Gasteiger partial charge in [0.05, 0.1) is 0 Å². The van der Waals surface area contributed by atoms with Crippen molar-refractivity contribution < 1.29 is 0 Å². The first-order chi connectivity index (χ1) is 10.4. The number of hydrogen-bond acceptors (Lipinski definition) is 4. The molecule has 4 heteroatoms. The second kappa shape index (κ2) is 7.21. The Hall–Kier alpha value is -1.16. The van der Waals surface area contributed by atoms with Gasteiger partial charge in [-0.25, -0.2) is 15.8 Å². The van der Waals surface area contributed by atoms with Gasteiger partial charge in [-0.05, 0) is 25.7 Å². The smallest absolute Gasteiger partial charge is 0.143 e. The maximum absolute atomic E-state index is 5.63. The monoisotopic (exact) mass is 288 g/mol. The van der Waals surface area contributed by atoms with Crippen LogP contribution in [0.4, 0.5) is 5.82 Å². The normalized spacial score (nSPS) is 22.0. The van der Waals surface area contributed by atoms with Crippen LogP contribution in [-0.4, -0.2) is 9.97 Å². The van der Waals surface area contributed by atoms with Gasteiger partial charge in [-0.1, -0.05) is 44.9 Å². The Morgan fingerprint density at radius 3 is 2.05 bits per heavy atom. The number of nitrogen functional groups attached to an aromatic ring is 1. The predicted molar refractivity (Wildman–Crippen MR) is 86.1 cm³/mol. The Morgan fingerprint density at radius 2 is 1.38 bits per heavy atom. The standard InChI is InChI=1S/C17H28N4/c18-21-16-12-15(13-8-6-7-9-13)19-17(20-16)14-10-4-2-1-3-5-11-14/h12-14H,1-11,18H2,(H,19,20,21). The molecular formula is C17H28N4. The van der Waals surface area contributed by atoms with Crippen LogP contribution < -0.4 is 11.3 Å². The highest BCUT2D eigenvalue weighted by atomic mass is 15.3. The predicted octanol–water partition coefficient (Wildman–Crippen LogP) is 4.25. The molecule has 4 nitrogen and oxygen atoms in total. The molecule has 1 aromatic heterocycles. The summed E-state index contributed by atoms with van der Waals surface area (Å²) in [6.45, 7) is 0. The molecule has 0 bridgehead atoms. The molecule has 1 aromatic rings. The highest BCUT2D eigenvalue weighted by Gasteiger charge is 2.23. The summed E-state index contributed by atoms with van der Waals surface area (Å²) in [4.78, 5) is 9.62. The lowest BCUT2D eigenvalue weighted by Crippen LogP contribution is -2.15. The van der Waals surface area contributed by atoms with Crippen LogP contribution in [0.5, 0.6) is 0 Å². The molecule has 116 valence electrons. The van der Waals surface area contributed by atoms with Crippen molar-refractivity contribution in [2.75, 3.05) is 5.43 Å². The van der Waals surface area contributed by atoms with Crippen LogP contribution in [-0.2, 0) is 0 Å². The van der Waals surface area contributed by atoms with Crippen molar-refractivity contribution >= 4 is 5.82 Å². The Balaban J connectivity index is 1.83. The van der Waals surface area contributed by atoms with E-state index in [1.54, 1.807) is 0 Å². The number of nitrogens with zero attached hydrogens (tertiary/aromatic N) is 2. The summed E-state index contributed by atoms with van der Waals surface area (Å²) in [6.07, 6.45) is 14.4. The zero-order chi connectivity index (χ0) is 14.5. The van der Waals surface area contributed by atoms with Gasteiger partial charge in [0.2, 0.25) is 0 Å². The minimum atomic E-state index is 0.527. The van der Waals surface area contributed by atoms with Gasteiger partial charge < -0.3 is 5.43 Å². The van der Waals surface area contributed by atoms with E-state index in [0.717, 1.165) is 11.6 Å². The first-order valence-electron chi connectivity index (χ1n) is 8.72. The molecule has 0 aromatic carbocycles. The third kappa shape index (κ3) is 3.73. The van der Waals surface area contributed by atoms with E-state index in [1.807, 2.05) is 0 Å². The van der Waals surface area contributed by atoms with Gasteiger partial charge in [0, 0.05) is 23.6 Å². The van der Waals surface area contributed by atoms with E-state index in [9.17, 15) is 0 Å². The van der Waals surface area contributed by atoms with E-state index >= 15 is 0 Å². The van der Waals surface area contributed by atoms with Gasteiger partial charge >= 0.3 is 0 Å². The minimum Gasteiger partial charge on any atom is -0.308 e. The summed E-state index contributed by atoms with van der Waals surface area (Å²) in [5.41, 5.74) is 3.96. The number of rotatable bonds is 3. The van der Waals surface area contributed by atoms with Crippen LogP contribution in [0.2, 0.25) is 0 Å². The van der Waals surface area contributed by atoms with E-state index in [-0.39, 0.29) is 0 Å². The van der Waals surface area contributed by atoms with E-state index in [0.29, 0.717) is 11.8 Å². The second-order valence-corrected chi connectivity index (χ2v) is 6.70. The Morgan fingerprint density at radius 1 is 0.810 bits per heavy atom. The lowest BCUT2D eigenvalue weighted by molar-refractivity contribution is 0.440. The number of nitrogens with two attached hydrogens (primary N) is 1. The van der Waals surface area contributed by atoms with Crippen LogP contribution in [0.25, 0.3) is 0 Å². The zero-order valence-electron chi connectivity index (χ0n) is 13.0. The number of aromatic nitrogens is 2. The van der Waals surface area contributed by atoms with Gasteiger partial charge in [-0.3, -0.25) is 0 Å². The largest absolute Gasteiger partial charge is 0.308 e. The van der Waals surface area contributed by atoms with Crippen LogP contribution in [0.15, 0.2) is 6.07 Å². The maximum Gasteiger partial charge on any atom is 0.143 e. The van der Waals surface area contributed by atoms with Crippen LogP contribution in [0.1, 0.15) is 94.0 Å². The fourth-order valence-electron chi connectivity index (χ4n) is 3.89. The van der Waals surface area contributed by atoms with Gasteiger partial charge in [0.25, 0.3) is 0 Å². The maximum atomic E-state index is 5.63. The zero-order valence-corrected chi connectivity index (χ0v) is 13.0. The third-order valence-corrected chi connectivity index (χ3v) is 5.15. The average molecular weight is 288 g/mol. The summed E-state index contributed by atoms with van der Waals surface area (Å²) in [5, 5.41) is 0. The summed E-state index contributed by atoms with van der Waals surface area (Å²) in [5.74, 6) is 8.61. The topological polar surface area (TPSA) is 63.8 Å². The van der Waals surface area contributed by atoms with Crippen LogP contribution in [0.3, 0.4) is 0 Å². The quantitative estimate of drug-likeness (QED) is 0.644. The molecule has 21 heavy (non-hydrogen) atoms. The molecular weight excluding hydrogens is 260 g/mol. The first kappa shape index (κ1) is 14.8. The van der Waals surface area contributed by atoms with Crippen molar-refractivity contribution in [3.05, 3.63) is 17.6 Å². The molecule has 0 spiro atoms. The van der Waals surface area contributed by atoms with E-state index in [1.165, 1.54) is 76.3 Å². The molecule has 0 aliphatic heterocycles. The fraction of sp³-hybridized carbons (Fsp3) is 0.765. The van der Waals surface area contributed by atoms with E-state index in [4.69, 9.17) is 10.8 Å². The fourth-order valence-corrected chi connectivity index (χ4v) is 3.89. The highest BCUT2D eigenvalue weighted by Crippen LogP contribution is 2.35. The molecule has 0 unspecified atom stereocenters. The van der Waals surface area contributed by atoms with Crippen molar-refractivity contribution in [1.82, 2.24) is 9.97 Å². The average Bonchev–Trinajstić information content (AvgIpc) is 3.00. The Labute approximate surface area is 127 Å². The molecule has 0 radical (unpaired) electrons. The minimum absolute atomic E-state index is 0.527. The third-order valence-electron chi connectivity index (χ3n) is 5.15. The van der Waals surface area contributed by atoms with Crippen molar-refractivity contribution in [3.8, 4) is 0 Å². The molecule has 3 N–H and O–H groups in total. The molecule has 2 aliphatic carbocycles. The molecule has 0 saturated heterocycles.